The molecule has 2 rings (SSSR count). The Kier molecular flexibility index (Phi) is 4.29. The van der Waals surface area contributed by atoms with Crippen LogP contribution in [0.3, 0.4) is 0 Å². The van der Waals surface area contributed by atoms with Crippen LogP contribution in [0, 0.1) is 17.5 Å². The minimum absolute atomic E-state index is 0.447. The Morgan fingerprint density at radius 3 is 2.19 bits per heavy atom. The Morgan fingerprint density at radius 2 is 1.62 bits per heavy atom. The van der Waals surface area contributed by atoms with Crippen molar-refractivity contribution in [1.82, 2.24) is 9.71 Å². The number of benzene rings is 1. The van der Waals surface area contributed by atoms with Gasteiger partial charge in [-0.2, -0.15) is 0 Å². The predicted octanol–water partition coefficient (Wildman–Crippen LogP) is 2.54. The molecule has 1 aromatic heterocycles. The third-order valence-corrected chi connectivity index (χ3v) is 4.22. The first-order valence-corrected chi connectivity index (χ1v) is 7.38. The molecule has 21 heavy (non-hydrogen) atoms. The van der Waals surface area contributed by atoms with Gasteiger partial charge in [-0.15, -0.1) is 0 Å². The molecule has 0 aliphatic heterocycles. The molecule has 0 radical (unpaired) electrons. The lowest BCUT2D eigenvalue weighted by atomic mass is 10.1. The van der Waals surface area contributed by atoms with Crippen LogP contribution >= 0.6 is 0 Å². The molecule has 1 heterocycles. The summed E-state index contributed by atoms with van der Waals surface area (Å²) in [5.74, 6) is -2.84. The number of halogens is 3. The number of aromatic nitrogens is 1. The van der Waals surface area contributed by atoms with Crippen LogP contribution in [0.1, 0.15) is 18.5 Å². The van der Waals surface area contributed by atoms with Crippen molar-refractivity contribution in [2.75, 3.05) is 0 Å². The topological polar surface area (TPSA) is 59.1 Å². The highest BCUT2D eigenvalue weighted by Crippen LogP contribution is 2.22. The minimum atomic E-state index is -4.34. The van der Waals surface area contributed by atoms with Crippen molar-refractivity contribution in [3.8, 4) is 0 Å². The van der Waals surface area contributed by atoms with E-state index in [4.69, 9.17) is 0 Å². The second-order valence-corrected chi connectivity index (χ2v) is 5.90. The summed E-state index contributed by atoms with van der Waals surface area (Å²) in [5.41, 5.74) is -0.447. The van der Waals surface area contributed by atoms with Crippen LogP contribution in [0.4, 0.5) is 13.2 Å². The fourth-order valence-electron chi connectivity index (χ4n) is 1.84. The van der Waals surface area contributed by atoms with Gasteiger partial charge in [-0.3, -0.25) is 0 Å². The Morgan fingerprint density at radius 1 is 1.05 bits per heavy atom. The molecule has 0 fully saturated rings. The molecule has 0 saturated carbocycles. The summed E-state index contributed by atoms with van der Waals surface area (Å²) in [6.45, 7) is 1.25. The van der Waals surface area contributed by atoms with E-state index in [9.17, 15) is 21.6 Å². The van der Waals surface area contributed by atoms with E-state index < -0.39 is 44.1 Å². The first kappa shape index (κ1) is 15.5. The smallest absolute Gasteiger partial charge is 0.241 e. The lowest BCUT2D eigenvalue weighted by Crippen LogP contribution is -2.29. The van der Waals surface area contributed by atoms with Crippen LogP contribution in [-0.2, 0) is 10.0 Å². The van der Waals surface area contributed by atoms with Gasteiger partial charge in [0.1, 0.15) is 11.6 Å². The molecule has 0 aliphatic rings. The molecule has 0 spiro atoms. The van der Waals surface area contributed by atoms with Gasteiger partial charge in [-0.25, -0.2) is 31.3 Å². The van der Waals surface area contributed by atoms with Gasteiger partial charge in [0.25, 0.3) is 10.0 Å². The number of pyridine rings is 1. The monoisotopic (exact) mass is 316 g/mol. The fraction of sp³-hybridized carbons (Fsp3) is 0.154. The summed E-state index contributed by atoms with van der Waals surface area (Å²) in [7, 11) is -4.34. The van der Waals surface area contributed by atoms with Crippen molar-refractivity contribution >= 4 is 10.0 Å². The SMILES string of the molecule is CC(NS(=O)(=O)c1ncccc1F)c1c(F)cccc1F. The van der Waals surface area contributed by atoms with Crippen molar-refractivity contribution < 1.29 is 21.6 Å². The predicted molar refractivity (Wildman–Crippen MR) is 69.3 cm³/mol. The standard InChI is InChI=1S/C13H11F3N2O2S/c1-8(12-9(14)4-2-5-10(12)15)18-21(19,20)13-11(16)6-3-7-17-13/h2-8,18H,1H3. The van der Waals surface area contributed by atoms with E-state index in [-0.39, 0.29) is 0 Å². The third-order valence-electron chi connectivity index (χ3n) is 2.74. The fourth-order valence-corrected chi connectivity index (χ4v) is 3.06. The van der Waals surface area contributed by atoms with Gasteiger partial charge < -0.3 is 0 Å². The zero-order valence-corrected chi connectivity index (χ0v) is 11.7. The van der Waals surface area contributed by atoms with E-state index in [2.05, 4.69) is 4.98 Å². The van der Waals surface area contributed by atoms with Crippen LogP contribution in [0.25, 0.3) is 0 Å². The molecule has 0 amide bonds. The van der Waals surface area contributed by atoms with Crippen LogP contribution in [0.2, 0.25) is 0 Å². The largest absolute Gasteiger partial charge is 0.261 e. The Hall–Kier alpha value is -1.93. The van der Waals surface area contributed by atoms with Crippen molar-refractivity contribution in [1.29, 1.82) is 0 Å². The van der Waals surface area contributed by atoms with Crippen molar-refractivity contribution in [3.63, 3.8) is 0 Å². The quantitative estimate of drug-likeness (QED) is 0.943. The maximum absolute atomic E-state index is 13.6. The van der Waals surface area contributed by atoms with Gasteiger partial charge in [0.05, 0.1) is 6.04 Å². The molecular formula is C13H11F3N2O2S. The second-order valence-electron chi connectivity index (χ2n) is 4.27. The van der Waals surface area contributed by atoms with Crippen molar-refractivity contribution in [3.05, 3.63) is 59.5 Å². The number of rotatable bonds is 4. The van der Waals surface area contributed by atoms with E-state index >= 15 is 0 Å². The van der Waals surface area contributed by atoms with Crippen molar-refractivity contribution in [2.45, 2.75) is 18.0 Å². The summed E-state index contributed by atoms with van der Waals surface area (Å²) in [6, 6.07) is 4.10. The van der Waals surface area contributed by atoms with E-state index in [1.165, 1.54) is 13.0 Å². The maximum Gasteiger partial charge on any atom is 0.261 e. The molecule has 2 aromatic rings. The maximum atomic E-state index is 13.6. The normalized spacial score (nSPS) is 13.1. The van der Waals surface area contributed by atoms with E-state index in [1.54, 1.807) is 0 Å². The Balaban J connectivity index is 2.35. The highest BCUT2D eigenvalue weighted by Gasteiger charge is 2.26. The number of hydrogen-bond donors (Lipinski definition) is 1. The molecule has 1 atom stereocenters. The summed E-state index contributed by atoms with van der Waals surface area (Å²) in [5, 5.41) is -0.825. The minimum Gasteiger partial charge on any atom is -0.241 e. The van der Waals surface area contributed by atoms with Crippen LogP contribution < -0.4 is 4.72 Å². The summed E-state index contributed by atoms with van der Waals surface area (Å²) in [4.78, 5) is 3.43. The zero-order valence-electron chi connectivity index (χ0n) is 10.8. The molecule has 0 bridgehead atoms. The summed E-state index contributed by atoms with van der Waals surface area (Å²) < 4.78 is 66.7. The van der Waals surface area contributed by atoms with Gasteiger partial charge in [-0.1, -0.05) is 6.07 Å². The molecule has 4 nitrogen and oxygen atoms in total. The second kappa shape index (κ2) is 5.82. The lowest BCUT2D eigenvalue weighted by molar-refractivity contribution is 0.507. The number of nitrogens with one attached hydrogen (secondary N) is 1. The van der Waals surface area contributed by atoms with Gasteiger partial charge in [0.15, 0.2) is 5.82 Å². The molecule has 112 valence electrons. The first-order chi connectivity index (χ1) is 9.83. The molecule has 8 heteroatoms. The van der Waals surface area contributed by atoms with Crippen LogP contribution in [-0.4, -0.2) is 13.4 Å². The average Bonchev–Trinajstić information content (AvgIpc) is 2.38. The van der Waals surface area contributed by atoms with E-state index in [1.807, 2.05) is 4.72 Å². The molecular weight excluding hydrogens is 305 g/mol. The van der Waals surface area contributed by atoms with Gasteiger partial charge in [-0.05, 0) is 31.2 Å². The molecule has 1 aromatic carbocycles. The molecule has 0 aliphatic carbocycles. The third kappa shape index (κ3) is 3.22. The Bertz CT molecular complexity index is 746. The number of nitrogens with zero attached hydrogens (tertiary/aromatic N) is 1. The van der Waals surface area contributed by atoms with Gasteiger partial charge >= 0.3 is 0 Å². The van der Waals surface area contributed by atoms with Gasteiger partial charge in [0, 0.05) is 11.8 Å². The van der Waals surface area contributed by atoms with Gasteiger partial charge in [0.2, 0.25) is 5.03 Å². The highest BCUT2D eigenvalue weighted by molar-refractivity contribution is 7.89. The number of sulfonamides is 1. The van der Waals surface area contributed by atoms with E-state index in [0.717, 1.165) is 30.5 Å². The Labute approximate surface area is 119 Å². The lowest BCUT2D eigenvalue weighted by Gasteiger charge is -2.15. The van der Waals surface area contributed by atoms with Crippen molar-refractivity contribution in [2.24, 2.45) is 0 Å². The molecule has 1 unspecified atom stereocenters. The first-order valence-electron chi connectivity index (χ1n) is 5.89. The number of hydrogen-bond acceptors (Lipinski definition) is 3. The van der Waals surface area contributed by atoms with E-state index in [0.29, 0.717) is 0 Å². The van der Waals surface area contributed by atoms with Crippen LogP contribution in [0.5, 0.6) is 0 Å². The molecule has 1 N–H and O–H groups in total. The highest BCUT2D eigenvalue weighted by atomic mass is 32.2. The zero-order chi connectivity index (χ0) is 15.6. The van der Waals surface area contributed by atoms with Crippen LogP contribution in [0.15, 0.2) is 41.6 Å². The summed E-state index contributed by atoms with van der Waals surface area (Å²) in [6.07, 6.45) is 1.10. The molecule has 0 saturated heterocycles. The summed E-state index contributed by atoms with van der Waals surface area (Å²) >= 11 is 0. The average molecular weight is 316 g/mol.